The first-order chi connectivity index (χ1) is 9.95. The summed E-state index contributed by atoms with van der Waals surface area (Å²) < 4.78 is 13.6. The number of Topliss-reactive ketones (excluding diaryl/α,β-unsaturated/α-hetero) is 1. The predicted molar refractivity (Wildman–Crippen MR) is 84.3 cm³/mol. The molecule has 0 fully saturated rings. The second kappa shape index (κ2) is 6.53. The van der Waals surface area contributed by atoms with Crippen LogP contribution in [-0.2, 0) is 11.2 Å². The summed E-state index contributed by atoms with van der Waals surface area (Å²) in [6, 6.07) is 12.6. The van der Waals surface area contributed by atoms with Crippen molar-refractivity contribution in [2.75, 3.05) is 18.5 Å². The molecule has 0 aliphatic carbocycles. The van der Waals surface area contributed by atoms with Crippen molar-refractivity contribution in [3.05, 3.63) is 65.0 Å². The first kappa shape index (κ1) is 15.2. The predicted octanol–water partition coefficient (Wildman–Crippen LogP) is 3.69. The molecule has 0 saturated carbocycles. The highest BCUT2D eigenvalue weighted by Crippen LogP contribution is 2.17. The Balaban J connectivity index is 2.04. The summed E-state index contributed by atoms with van der Waals surface area (Å²) in [4.78, 5) is 14.0. The molecule has 110 valence electrons. The van der Waals surface area contributed by atoms with Gasteiger partial charge in [0.1, 0.15) is 5.82 Å². The zero-order valence-electron chi connectivity index (χ0n) is 12.7. The summed E-state index contributed by atoms with van der Waals surface area (Å²) >= 11 is 0. The minimum absolute atomic E-state index is 0.00163. The van der Waals surface area contributed by atoms with Gasteiger partial charge in [0.25, 0.3) is 0 Å². The number of aryl methyl sites for hydroxylation is 2. The largest absolute Gasteiger partial charge is 0.367 e. The monoisotopic (exact) mass is 285 g/mol. The van der Waals surface area contributed by atoms with Gasteiger partial charge in [-0.1, -0.05) is 24.3 Å². The Bertz CT molecular complexity index is 631. The topological polar surface area (TPSA) is 20.3 Å². The van der Waals surface area contributed by atoms with Crippen LogP contribution in [0, 0.1) is 19.7 Å². The van der Waals surface area contributed by atoms with E-state index in [1.807, 2.05) is 37.9 Å². The summed E-state index contributed by atoms with van der Waals surface area (Å²) in [6.45, 7) is 4.34. The average Bonchev–Trinajstić information content (AvgIpc) is 2.40. The first-order valence-electron chi connectivity index (χ1n) is 7.00. The first-order valence-corrected chi connectivity index (χ1v) is 7.00. The van der Waals surface area contributed by atoms with E-state index in [9.17, 15) is 9.18 Å². The van der Waals surface area contributed by atoms with Gasteiger partial charge in [-0.2, -0.15) is 0 Å². The number of hydrogen-bond donors (Lipinski definition) is 0. The lowest BCUT2D eigenvalue weighted by Gasteiger charge is -2.19. The summed E-state index contributed by atoms with van der Waals surface area (Å²) in [6.07, 6.45) is 0.127. The van der Waals surface area contributed by atoms with Gasteiger partial charge in [0, 0.05) is 19.2 Å². The number of benzene rings is 2. The van der Waals surface area contributed by atoms with Crippen molar-refractivity contribution >= 4 is 11.5 Å². The van der Waals surface area contributed by atoms with Crippen molar-refractivity contribution in [1.29, 1.82) is 0 Å². The molecular weight excluding hydrogens is 265 g/mol. The number of rotatable bonds is 5. The molecule has 0 bridgehead atoms. The Kier molecular flexibility index (Phi) is 4.73. The van der Waals surface area contributed by atoms with E-state index in [-0.39, 0.29) is 24.6 Å². The number of carbonyl (C=O) groups excluding carboxylic acids is 1. The van der Waals surface area contributed by atoms with Crippen LogP contribution in [0.25, 0.3) is 0 Å². The number of likely N-dealkylation sites (N-methyl/N-ethyl adjacent to an activating group) is 1. The lowest BCUT2D eigenvalue weighted by molar-refractivity contribution is -0.117. The van der Waals surface area contributed by atoms with E-state index in [1.165, 1.54) is 17.2 Å². The molecule has 2 aromatic carbocycles. The Labute approximate surface area is 125 Å². The lowest BCUT2D eigenvalue weighted by Crippen LogP contribution is -2.27. The van der Waals surface area contributed by atoms with Crippen LogP contribution in [0.1, 0.15) is 16.7 Å². The number of carbonyl (C=O) groups is 1. The highest BCUT2D eigenvalue weighted by Gasteiger charge is 2.11. The molecule has 0 aliphatic heterocycles. The van der Waals surface area contributed by atoms with Crippen LogP contribution >= 0.6 is 0 Å². The van der Waals surface area contributed by atoms with E-state index in [0.29, 0.717) is 5.56 Å². The van der Waals surface area contributed by atoms with Crippen molar-refractivity contribution < 1.29 is 9.18 Å². The number of hydrogen-bond acceptors (Lipinski definition) is 2. The van der Waals surface area contributed by atoms with E-state index < -0.39 is 0 Å². The second-order valence-electron chi connectivity index (χ2n) is 5.51. The van der Waals surface area contributed by atoms with Crippen molar-refractivity contribution in [2.24, 2.45) is 0 Å². The highest BCUT2D eigenvalue weighted by molar-refractivity contribution is 5.85. The molecular formula is C18H20FNO. The number of ketones is 1. The molecule has 2 rings (SSSR count). The van der Waals surface area contributed by atoms with E-state index in [1.54, 1.807) is 18.2 Å². The van der Waals surface area contributed by atoms with Crippen LogP contribution in [0.15, 0.2) is 42.5 Å². The molecule has 21 heavy (non-hydrogen) atoms. The highest BCUT2D eigenvalue weighted by atomic mass is 19.1. The quantitative estimate of drug-likeness (QED) is 0.835. The summed E-state index contributed by atoms with van der Waals surface area (Å²) in [5.41, 5.74) is 3.79. The summed E-state index contributed by atoms with van der Waals surface area (Å²) in [5.74, 6) is -0.318. The van der Waals surface area contributed by atoms with Gasteiger partial charge in [-0.25, -0.2) is 4.39 Å². The normalized spacial score (nSPS) is 10.5. The molecule has 2 aromatic rings. The van der Waals surface area contributed by atoms with Gasteiger partial charge in [-0.15, -0.1) is 0 Å². The third-order valence-corrected chi connectivity index (χ3v) is 3.41. The van der Waals surface area contributed by atoms with Crippen LogP contribution in [-0.4, -0.2) is 19.4 Å². The van der Waals surface area contributed by atoms with Crippen LogP contribution in [0.4, 0.5) is 10.1 Å². The van der Waals surface area contributed by atoms with E-state index in [4.69, 9.17) is 0 Å². The molecule has 0 heterocycles. The second-order valence-corrected chi connectivity index (χ2v) is 5.51. The van der Waals surface area contributed by atoms with E-state index in [2.05, 4.69) is 6.07 Å². The van der Waals surface area contributed by atoms with Gasteiger partial charge in [-0.3, -0.25) is 4.79 Å². The molecule has 0 aliphatic rings. The summed E-state index contributed by atoms with van der Waals surface area (Å²) in [7, 11) is 1.88. The molecule has 0 N–H and O–H groups in total. The summed E-state index contributed by atoms with van der Waals surface area (Å²) in [5, 5.41) is 0. The maximum atomic E-state index is 13.6. The van der Waals surface area contributed by atoms with Crippen molar-refractivity contribution in [1.82, 2.24) is 0 Å². The number of anilines is 1. The Morgan fingerprint density at radius 3 is 2.33 bits per heavy atom. The smallest absolute Gasteiger partial charge is 0.156 e. The molecule has 0 spiro atoms. The fourth-order valence-electron chi connectivity index (χ4n) is 2.44. The van der Waals surface area contributed by atoms with Crippen LogP contribution < -0.4 is 4.90 Å². The molecule has 0 radical (unpaired) electrons. The van der Waals surface area contributed by atoms with Gasteiger partial charge >= 0.3 is 0 Å². The van der Waals surface area contributed by atoms with Gasteiger partial charge in [0.15, 0.2) is 5.78 Å². The molecule has 0 aromatic heterocycles. The fourth-order valence-corrected chi connectivity index (χ4v) is 2.44. The van der Waals surface area contributed by atoms with E-state index >= 15 is 0 Å². The zero-order valence-corrected chi connectivity index (χ0v) is 12.7. The zero-order chi connectivity index (χ0) is 15.4. The van der Waals surface area contributed by atoms with Crippen LogP contribution in [0.2, 0.25) is 0 Å². The van der Waals surface area contributed by atoms with Crippen molar-refractivity contribution in [3.63, 3.8) is 0 Å². The molecule has 0 atom stereocenters. The third kappa shape index (κ3) is 4.15. The number of halogens is 1. The third-order valence-electron chi connectivity index (χ3n) is 3.41. The maximum absolute atomic E-state index is 13.6. The Morgan fingerprint density at radius 1 is 1.10 bits per heavy atom. The molecule has 0 unspecified atom stereocenters. The molecule has 3 heteroatoms. The molecule has 0 saturated heterocycles. The minimum atomic E-state index is -0.320. The van der Waals surface area contributed by atoms with Gasteiger partial charge in [0.05, 0.1) is 6.54 Å². The van der Waals surface area contributed by atoms with Crippen LogP contribution in [0.5, 0.6) is 0 Å². The van der Waals surface area contributed by atoms with Crippen molar-refractivity contribution in [2.45, 2.75) is 20.3 Å². The van der Waals surface area contributed by atoms with Gasteiger partial charge < -0.3 is 4.90 Å². The average molecular weight is 285 g/mol. The molecule has 0 amide bonds. The standard InChI is InChI=1S/C18H20FNO/c1-13-8-14(2)10-16(9-13)20(3)12-17(21)11-15-6-4-5-7-18(15)19/h4-10H,11-12H2,1-3H3. The lowest BCUT2D eigenvalue weighted by atomic mass is 10.1. The number of nitrogens with zero attached hydrogens (tertiary/aromatic N) is 1. The van der Waals surface area contributed by atoms with Gasteiger partial charge in [0.2, 0.25) is 0 Å². The maximum Gasteiger partial charge on any atom is 0.156 e. The van der Waals surface area contributed by atoms with Gasteiger partial charge in [-0.05, 0) is 48.7 Å². The Morgan fingerprint density at radius 2 is 1.71 bits per heavy atom. The SMILES string of the molecule is Cc1cc(C)cc(N(C)CC(=O)Cc2ccccc2F)c1. The fraction of sp³-hybridized carbons (Fsp3) is 0.278. The van der Waals surface area contributed by atoms with Crippen LogP contribution in [0.3, 0.4) is 0 Å². The minimum Gasteiger partial charge on any atom is -0.367 e. The van der Waals surface area contributed by atoms with Crippen molar-refractivity contribution in [3.8, 4) is 0 Å². The van der Waals surface area contributed by atoms with E-state index in [0.717, 1.165) is 5.69 Å². The molecule has 2 nitrogen and oxygen atoms in total. The Hall–Kier alpha value is -2.16.